The molecule has 1 aromatic heterocycles. The molecule has 2 aromatic rings. The van der Waals surface area contributed by atoms with Gasteiger partial charge in [0.2, 0.25) is 0 Å². The van der Waals surface area contributed by atoms with E-state index in [9.17, 15) is 0 Å². The van der Waals surface area contributed by atoms with E-state index in [1.54, 1.807) is 6.07 Å². The number of nitrogens with one attached hydrogen (secondary N) is 2. The molecule has 1 aliphatic heterocycles. The second kappa shape index (κ2) is 5.82. The lowest BCUT2D eigenvalue weighted by atomic mass is 10.1. The Labute approximate surface area is 132 Å². The van der Waals surface area contributed by atoms with Gasteiger partial charge in [0.1, 0.15) is 10.5 Å². The van der Waals surface area contributed by atoms with Gasteiger partial charge < -0.3 is 10.3 Å². The average molecular weight is 326 g/mol. The van der Waals surface area contributed by atoms with Gasteiger partial charge in [0.05, 0.1) is 10.0 Å². The maximum Gasteiger partial charge on any atom is 0.134 e. The van der Waals surface area contributed by atoms with Gasteiger partial charge in [-0.25, -0.2) is 4.98 Å². The number of halogens is 2. The van der Waals surface area contributed by atoms with Crippen molar-refractivity contribution in [3.8, 4) is 0 Å². The highest BCUT2D eigenvalue weighted by atomic mass is 35.5. The zero-order valence-corrected chi connectivity index (χ0v) is 13.0. The topological polar surface area (TPSA) is 40.7 Å². The summed E-state index contributed by atoms with van der Waals surface area (Å²) < 4.78 is 0.681. The summed E-state index contributed by atoms with van der Waals surface area (Å²) >= 11 is 17.3. The fourth-order valence-electron chi connectivity index (χ4n) is 2.35. The van der Waals surface area contributed by atoms with Gasteiger partial charge in [0, 0.05) is 37.2 Å². The quantitative estimate of drug-likeness (QED) is 0.827. The zero-order chi connectivity index (χ0) is 14.1. The second-order valence-electron chi connectivity index (χ2n) is 4.80. The van der Waals surface area contributed by atoms with Crippen molar-refractivity contribution < 1.29 is 0 Å². The number of fused-ring (bicyclic) bond motifs is 1. The Balaban J connectivity index is 1.93. The van der Waals surface area contributed by atoms with Crippen LogP contribution < -0.4 is 5.32 Å². The third-order valence-corrected chi connectivity index (χ3v) is 4.44. The molecule has 0 fully saturated rings. The Bertz CT molecular complexity index is 712. The highest BCUT2D eigenvalue weighted by Crippen LogP contribution is 2.23. The third kappa shape index (κ3) is 2.88. The van der Waals surface area contributed by atoms with Crippen molar-refractivity contribution in [3.63, 3.8) is 0 Å². The predicted molar refractivity (Wildman–Crippen MR) is 84.1 cm³/mol. The molecule has 0 unspecified atom stereocenters. The molecule has 0 radical (unpaired) electrons. The van der Waals surface area contributed by atoms with Gasteiger partial charge >= 0.3 is 0 Å². The first kappa shape index (κ1) is 14.0. The van der Waals surface area contributed by atoms with E-state index in [1.165, 1.54) is 5.69 Å². The second-order valence-corrected chi connectivity index (χ2v) is 6.00. The van der Waals surface area contributed by atoms with E-state index in [0.29, 0.717) is 21.1 Å². The van der Waals surface area contributed by atoms with Crippen LogP contribution in [0.3, 0.4) is 0 Å². The Kier molecular flexibility index (Phi) is 4.08. The molecule has 0 bridgehead atoms. The Morgan fingerprint density at radius 2 is 2.10 bits per heavy atom. The first-order valence-electron chi connectivity index (χ1n) is 6.39. The van der Waals surface area contributed by atoms with Crippen LogP contribution >= 0.6 is 35.4 Å². The fourth-order valence-corrected chi connectivity index (χ4v) is 2.97. The van der Waals surface area contributed by atoms with Crippen molar-refractivity contribution in [2.24, 2.45) is 0 Å². The minimum Gasteiger partial charge on any atom is -0.346 e. The molecule has 2 heterocycles. The maximum atomic E-state index is 6.04. The monoisotopic (exact) mass is 325 g/mol. The van der Waals surface area contributed by atoms with Crippen LogP contribution in [0.1, 0.15) is 22.6 Å². The number of aromatic amines is 1. The van der Waals surface area contributed by atoms with Gasteiger partial charge in [-0.3, -0.25) is 0 Å². The number of hydrogen-bond acceptors (Lipinski definition) is 3. The van der Waals surface area contributed by atoms with Crippen LogP contribution in [-0.4, -0.2) is 16.5 Å². The van der Waals surface area contributed by atoms with Gasteiger partial charge in [0.15, 0.2) is 0 Å². The van der Waals surface area contributed by atoms with Crippen LogP contribution in [-0.2, 0) is 19.4 Å². The van der Waals surface area contributed by atoms with E-state index in [2.05, 4.69) is 15.3 Å². The molecule has 0 saturated carbocycles. The number of hydrogen-bond donors (Lipinski definition) is 2. The van der Waals surface area contributed by atoms with Crippen molar-refractivity contribution in [2.75, 3.05) is 6.54 Å². The molecule has 2 N–H and O–H groups in total. The van der Waals surface area contributed by atoms with Crippen molar-refractivity contribution in [3.05, 3.63) is 55.5 Å². The summed E-state index contributed by atoms with van der Waals surface area (Å²) in [6.45, 7) is 1.76. The fraction of sp³-hybridized carbons (Fsp3) is 0.286. The summed E-state index contributed by atoms with van der Waals surface area (Å²) in [5.41, 5.74) is 3.37. The normalized spacial score (nSPS) is 14.1. The third-order valence-electron chi connectivity index (χ3n) is 3.36. The van der Waals surface area contributed by atoms with Crippen LogP contribution in [0.15, 0.2) is 18.2 Å². The minimum absolute atomic E-state index is 0.560. The van der Waals surface area contributed by atoms with Crippen molar-refractivity contribution in [1.29, 1.82) is 0 Å². The number of rotatable bonds is 2. The van der Waals surface area contributed by atoms with E-state index in [4.69, 9.17) is 35.4 Å². The average Bonchev–Trinajstić information content (AvgIpc) is 2.43. The highest BCUT2D eigenvalue weighted by molar-refractivity contribution is 7.71. The minimum atomic E-state index is 0.560. The van der Waals surface area contributed by atoms with E-state index in [0.717, 1.165) is 36.5 Å². The first-order chi connectivity index (χ1) is 9.63. The Hall–Kier alpha value is -0.940. The van der Waals surface area contributed by atoms with E-state index in [1.807, 2.05) is 12.1 Å². The van der Waals surface area contributed by atoms with E-state index in [-0.39, 0.29) is 0 Å². The summed E-state index contributed by atoms with van der Waals surface area (Å²) in [6.07, 6.45) is 1.62. The summed E-state index contributed by atoms with van der Waals surface area (Å²) in [4.78, 5) is 7.87. The van der Waals surface area contributed by atoms with Crippen LogP contribution in [0.25, 0.3) is 0 Å². The van der Waals surface area contributed by atoms with Gasteiger partial charge in [-0.1, -0.05) is 41.5 Å². The molecular weight excluding hydrogens is 313 g/mol. The molecule has 3 nitrogen and oxygen atoms in total. The van der Waals surface area contributed by atoms with Gasteiger partial charge in [0.25, 0.3) is 0 Å². The molecule has 0 atom stereocenters. The summed E-state index contributed by atoms with van der Waals surface area (Å²) in [7, 11) is 0. The van der Waals surface area contributed by atoms with E-state index < -0.39 is 0 Å². The summed E-state index contributed by atoms with van der Waals surface area (Å²) in [5.74, 6) is 0.869. The smallest absolute Gasteiger partial charge is 0.134 e. The number of benzene rings is 1. The molecular formula is C14H13Cl2N3S. The molecule has 3 rings (SSSR count). The van der Waals surface area contributed by atoms with Crippen molar-refractivity contribution in [1.82, 2.24) is 15.3 Å². The van der Waals surface area contributed by atoms with Crippen LogP contribution in [0.4, 0.5) is 0 Å². The predicted octanol–water partition coefficient (Wildman–Crippen LogP) is 3.68. The van der Waals surface area contributed by atoms with Crippen molar-refractivity contribution in [2.45, 2.75) is 19.4 Å². The van der Waals surface area contributed by atoms with Crippen LogP contribution in [0, 0.1) is 4.64 Å². The summed E-state index contributed by atoms with van der Waals surface area (Å²) in [6, 6.07) is 5.62. The molecule has 6 heteroatoms. The molecule has 1 aromatic carbocycles. The lowest BCUT2D eigenvalue weighted by molar-refractivity contribution is 0.619. The molecule has 104 valence electrons. The van der Waals surface area contributed by atoms with Crippen LogP contribution in [0.5, 0.6) is 0 Å². The van der Waals surface area contributed by atoms with Gasteiger partial charge in [-0.15, -0.1) is 0 Å². The van der Waals surface area contributed by atoms with E-state index >= 15 is 0 Å². The molecule has 0 aliphatic carbocycles. The highest BCUT2D eigenvalue weighted by Gasteiger charge is 2.13. The van der Waals surface area contributed by atoms with Gasteiger partial charge in [-0.2, -0.15) is 0 Å². The van der Waals surface area contributed by atoms with Crippen molar-refractivity contribution >= 4 is 35.4 Å². The molecule has 0 spiro atoms. The molecule has 20 heavy (non-hydrogen) atoms. The lowest BCUT2D eigenvalue weighted by Crippen LogP contribution is -2.26. The SMILES string of the molecule is S=c1nc(Cc2ccc(Cl)c(Cl)c2)[nH]c2c1CNCC2. The Morgan fingerprint density at radius 3 is 2.90 bits per heavy atom. The summed E-state index contributed by atoms with van der Waals surface area (Å²) in [5, 5.41) is 4.43. The first-order valence-corrected chi connectivity index (χ1v) is 7.55. The molecule has 0 amide bonds. The number of H-pyrrole nitrogens is 1. The molecule has 1 aliphatic rings. The van der Waals surface area contributed by atoms with Crippen LogP contribution in [0.2, 0.25) is 10.0 Å². The Morgan fingerprint density at radius 1 is 1.25 bits per heavy atom. The number of nitrogens with zero attached hydrogens (tertiary/aromatic N) is 1. The standard InChI is InChI=1S/C14H13Cl2N3S/c15-10-2-1-8(5-11(10)16)6-13-18-12-3-4-17-7-9(12)14(20)19-13/h1-2,5,17H,3-4,6-7H2,(H,18,19,20). The lowest BCUT2D eigenvalue weighted by Gasteiger charge is -2.17. The largest absolute Gasteiger partial charge is 0.346 e. The number of aromatic nitrogens is 2. The zero-order valence-electron chi connectivity index (χ0n) is 10.7. The van der Waals surface area contributed by atoms with Gasteiger partial charge in [-0.05, 0) is 17.7 Å². The molecule has 0 saturated heterocycles. The maximum absolute atomic E-state index is 6.04.